The number of alkyl halides is 2. The summed E-state index contributed by atoms with van der Waals surface area (Å²) in [6.07, 6.45) is 3.18. The molecule has 2 unspecified atom stereocenters. The predicted octanol–water partition coefficient (Wildman–Crippen LogP) is 2.04. The van der Waals surface area contributed by atoms with E-state index >= 15 is 0 Å². The summed E-state index contributed by atoms with van der Waals surface area (Å²) in [7, 11) is 0. The van der Waals surface area contributed by atoms with E-state index in [0.717, 1.165) is 52.2 Å². The fourth-order valence-corrected chi connectivity index (χ4v) is 4.22. The average Bonchev–Trinajstić information content (AvgIpc) is 3.02. The number of hydrogen-bond acceptors (Lipinski definition) is 4. The van der Waals surface area contributed by atoms with Crippen molar-refractivity contribution in [1.82, 2.24) is 15.1 Å². The third kappa shape index (κ3) is 4.80. The second kappa shape index (κ2) is 8.14. The molecule has 3 rings (SSSR count). The zero-order valence-electron chi connectivity index (χ0n) is 14.9. The summed E-state index contributed by atoms with van der Waals surface area (Å²) in [6.45, 7) is 4.46. The van der Waals surface area contributed by atoms with E-state index in [2.05, 4.69) is 21.9 Å². The lowest BCUT2D eigenvalue weighted by Crippen LogP contribution is -2.58. The zero-order chi connectivity index (χ0) is 17.9. The number of ether oxygens (including phenoxy) is 2. The van der Waals surface area contributed by atoms with E-state index in [0.29, 0.717) is 19.3 Å². The fraction of sp³-hybridized carbons (Fsp3) is 0.941. The number of rotatable bonds is 4. The Hall–Kier alpha value is -0.990. The van der Waals surface area contributed by atoms with Crippen LogP contribution in [0.2, 0.25) is 0 Å². The molecule has 0 aromatic rings. The van der Waals surface area contributed by atoms with Crippen LogP contribution in [-0.2, 0) is 9.47 Å². The summed E-state index contributed by atoms with van der Waals surface area (Å²) < 4.78 is 34.5. The first kappa shape index (κ1) is 18.8. The lowest BCUT2D eigenvalue weighted by atomic mass is 9.87. The van der Waals surface area contributed by atoms with E-state index < -0.39 is 12.7 Å². The smallest absolute Gasteiger partial charge is 0.345 e. The van der Waals surface area contributed by atoms with Gasteiger partial charge in [0.2, 0.25) is 0 Å². The van der Waals surface area contributed by atoms with Crippen molar-refractivity contribution < 1.29 is 23.0 Å². The number of likely N-dealkylation sites (tertiary alicyclic amines) is 1. The van der Waals surface area contributed by atoms with Gasteiger partial charge in [0.15, 0.2) is 0 Å². The molecule has 3 fully saturated rings. The first-order chi connectivity index (χ1) is 12.0. The Bertz CT molecular complexity index is 452. The van der Waals surface area contributed by atoms with Crippen molar-refractivity contribution in [3.8, 4) is 0 Å². The topological polar surface area (TPSA) is 54.0 Å². The summed E-state index contributed by atoms with van der Waals surface area (Å²) >= 11 is 0. The van der Waals surface area contributed by atoms with Gasteiger partial charge in [0.25, 0.3) is 0 Å². The molecule has 2 amide bonds. The van der Waals surface area contributed by atoms with Crippen LogP contribution in [0.1, 0.15) is 39.0 Å². The Morgan fingerprint density at radius 3 is 2.52 bits per heavy atom. The molecule has 0 bridgehead atoms. The van der Waals surface area contributed by atoms with E-state index in [1.165, 1.54) is 0 Å². The Labute approximate surface area is 147 Å². The SMILES string of the molecule is CC1(N2CCOCC2)CCN(C(=O)NC2CCC(OC(F)F)C2)CC1. The minimum Gasteiger partial charge on any atom is -0.379 e. The minimum atomic E-state index is -2.74. The largest absolute Gasteiger partial charge is 0.379 e. The van der Waals surface area contributed by atoms with Gasteiger partial charge >= 0.3 is 12.6 Å². The summed E-state index contributed by atoms with van der Waals surface area (Å²) in [6, 6.07) is -0.143. The highest BCUT2D eigenvalue weighted by molar-refractivity contribution is 5.74. The molecule has 25 heavy (non-hydrogen) atoms. The standard InChI is InChI=1S/C17H29F2N3O3/c1-17(22-8-10-24-11-9-22)4-6-21(7-5-17)16(23)20-13-2-3-14(12-13)25-15(18)19/h13-15H,2-12H2,1H3,(H,20,23). The Morgan fingerprint density at radius 1 is 1.20 bits per heavy atom. The highest BCUT2D eigenvalue weighted by Gasteiger charge is 2.38. The summed E-state index contributed by atoms with van der Waals surface area (Å²) in [5.41, 5.74) is 0.129. The van der Waals surface area contributed by atoms with Gasteiger partial charge in [-0.25, -0.2) is 4.79 Å². The van der Waals surface area contributed by atoms with Crippen molar-refractivity contribution >= 4 is 6.03 Å². The van der Waals surface area contributed by atoms with E-state index in [1.54, 1.807) is 0 Å². The van der Waals surface area contributed by atoms with Crippen LogP contribution in [-0.4, -0.2) is 79.5 Å². The van der Waals surface area contributed by atoms with Gasteiger partial charge in [-0.2, -0.15) is 8.78 Å². The fourth-order valence-electron chi connectivity index (χ4n) is 4.22. The number of nitrogens with one attached hydrogen (secondary N) is 1. The molecule has 0 spiro atoms. The molecule has 1 aliphatic carbocycles. The lowest BCUT2D eigenvalue weighted by molar-refractivity contribution is -0.160. The summed E-state index contributed by atoms with van der Waals surface area (Å²) in [5.74, 6) is 0. The molecular formula is C17H29F2N3O3. The number of amides is 2. The number of carbonyl (C=O) groups excluding carboxylic acids is 1. The van der Waals surface area contributed by atoms with Crippen molar-refractivity contribution in [2.24, 2.45) is 0 Å². The molecular weight excluding hydrogens is 332 g/mol. The second-order valence-corrected chi connectivity index (χ2v) is 7.56. The minimum absolute atomic E-state index is 0.0659. The highest BCUT2D eigenvalue weighted by Crippen LogP contribution is 2.30. The molecule has 3 aliphatic rings. The van der Waals surface area contributed by atoms with Gasteiger partial charge in [-0.3, -0.25) is 4.90 Å². The van der Waals surface area contributed by atoms with E-state index in [-0.39, 0.29) is 17.6 Å². The number of halogens is 2. The normalized spacial score (nSPS) is 30.6. The van der Waals surface area contributed by atoms with Crippen molar-refractivity contribution in [3.63, 3.8) is 0 Å². The summed E-state index contributed by atoms with van der Waals surface area (Å²) in [4.78, 5) is 16.8. The zero-order valence-corrected chi connectivity index (χ0v) is 14.9. The molecule has 2 heterocycles. The van der Waals surface area contributed by atoms with Gasteiger partial charge < -0.3 is 19.7 Å². The van der Waals surface area contributed by atoms with E-state index in [9.17, 15) is 13.6 Å². The molecule has 0 aromatic carbocycles. The molecule has 6 nitrogen and oxygen atoms in total. The Kier molecular flexibility index (Phi) is 6.12. The number of piperidine rings is 1. The molecule has 8 heteroatoms. The number of hydrogen-bond donors (Lipinski definition) is 1. The van der Waals surface area contributed by atoms with Crippen LogP contribution in [0, 0.1) is 0 Å². The van der Waals surface area contributed by atoms with Crippen LogP contribution in [0.4, 0.5) is 13.6 Å². The molecule has 144 valence electrons. The lowest BCUT2D eigenvalue weighted by Gasteiger charge is -2.48. The number of nitrogens with zero attached hydrogens (tertiary/aromatic N) is 2. The van der Waals surface area contributed by atoms with Crippen LogP contribution in [0.5, 0.6) is 0 Å². The monoisotopic (exact) mass is 361 g/mol. The van der Waals surface area contributed by atoms with Crippen LogP contribution < -0.4 is 5.32 Å². The van der Waals surface area contributed by atoms with Crippen LogP contribution in [0.3, 0.4) is 0 Å². The van der Waals surface area contributed by atoms with Gasteiger partial charge in [0.1, 0.15) is 0 Å². The van der Waals surface area contributed by atoms with Gasteiger partial charge in [0, 0.05) is 37.8 Å². The van der Waals surface area contributed by atoms with Crippen LogP contribution in [0.25, 0.3) is 0 Å². The Balaban J connectivity index is 1.42. The maximum absolute atomic E-state index is 12.5. The molecule has 2 atom stereocenters. The predicted molar refractivity (Wildman–Crippen MR) is 88.7 cm³/mol. The highest BCUT2D eigenvalue weighted by atomic mass is 19.3. The van der Waals surface area contributed by atoms with Crippen molar-refractivity contribution in [2.75, 3.05) is 39.4 Å². The van der Waals surface area contributed by atoms with Gasteiger partial charge in [-0.1, -0.05) is 0 Å². The third-order valence-corrected chi connectivity index (χ3v) is 5.91. The number of carbonyl (C=O) groups is 1. The van der Waals surface area contributed by atoms with Gasteiger partial charge in [-0.15, -0.1) is 0 Å². The first-order valence-electron chi connectivity index (χ1n) is 9.28. The quantitative estimate of drug-likeness (QED) is 0.833. The third-order valence-electron chi connectivity index (χ3n) is 5.91. The number of morpholine rings is 1. The van der Waals surface area contributed by atoms with E-state index in [1.807, 2.05) is 4.90 Å². The van der Waals surface area contributed by atoms with Gasteiger partial charge in [-0.05, 0) is 39.0 Å². The van der Waals surface area contributed by atoms with Crippen molar-refractivity contribution in [3.05, 3.63) is 0 Å². The molecule has 1 saturated carbocycles. The maximum atomic E-state index is 12.5. The van der Waals surface area contributed by atoms with E-state index in [4.69, 9.17) is 4.74 Å². The van der Waals surface area contributed by atoms with Crippen LogP contribution in [0.15, 0.2) is 0 Å². The first-order valence-corrected chi connectivity index (χ1v) is 9.28. The van der Waals surface area contributed by atoms with Gasteiger partial charge in [0.05, 0.1) is 19.3 Å². The summed E-state index contributed by atoms with van der Waals surface area (Å²) in [5, 5.41) is 2.99. The Morgan fingerprint density at radius 2 is 1.88 bits per heavy atom. The number of urea groups is 1. The molecule has 1 N–H and O–H groups in total. The molecule has 2 aliphatic heterocycles. The maximum Gasteiger partial charge on any atom is 0.345 e. The van der Waals surface area contributed by atoms with Crippen molar-refractivity contribution in [1.29, 1.82) is 0 Å². The average molecular weight is 361 g/mol. The second-order valence-electron chi connectivity index (χ2n) is 7.56. The van der Waals surface area contributed by atoms with Crippen LogP contribution >= 0.6 is 0 Å². The molecule has 0 radical (unpaired) electrons. The van der Waals surface area contributed by atoms with Crippen molar-refractivity contribution in [2.45, 2.75) is 63.3 Å². The molecule has 2 saturated heterocycles. The molecule has 0 aromatic heterocycles.